The van der Waals surface area contributed by atoms with E-state index in [1.807, 2.05) is 6.07 Å². The number of rotatable bonds is 7. The first-order valence-corrected chi connectivity index (χ1v) is 20.4. The lowest BCUT2D eigenvalue weighted by Crippen LogP contribution is -2.16. The zero-order chi connectivity index (χ0) is 39.5. The fourth-order valence-corrected chi connectivity index (χ4v) is 9.45. The molecule has 9 aromatic carbocycles. The Hall–Kier alpha value is -7.42. The third kappa shape index (κ3) is 5.79. The molecule has 0 spiro atoms. The summed E-state index contributed by atoms with van der Waals surface area (Å²) in [6.45, 7) is 4.71. The van der Waals surface area contributed by atoms with Gasteiger partial charge in [-0.3, -0.25) is 0 Å². The van der Waals surface area contributed by atoms with Crippen LogP contribution in [0.15, 0.2) is 217 Å². The van der Waals surface area contributed by atoms with Crippen LogP contribution in [0.4, 0.5) is 17.1 Å². The van der Waals surface area contributed by atoms with E-state index in [1.54, 1.807) is 0 Å². The summed E-state index contributed by atoms with van der Waals surface area (Å²) in [5, 5.41) is 2.24. The number of hydrogen-bond donors (Lipinski definition) is 0. The highest BCUT2D eigenvalue weighted by atomic mass is 16.3. The van der Waals surface area contributed by atoms with Crippen LogP contribution in [0, 0.1) is 0 Å². The Bertz CT molecular complexity index is 3190. The molecule has 0 radical (unpaired) electrons. The van der Waals surface area contributed by atoms with Crippen LogP contribution in [0.5, 0.6) is 0 Å². The molecule has 0 N–H and O–H groups in total. The molecule has 1 aliphatic rings. The van der Waals surface area contributed by atoms with E-state index >= 15 is 0 Å². The van der Waals surface area contributed by atoms with Gasteiger partial charge in [-0.25, -0.2) is 0 Å². The molecule has 0 fully saturated rings. The fourth-order valence-electron chi connectivity index (χ4n) is 9.45. The van der Waals surface area contributed by atoms with Crippen LogP contribution in [0.25, 0.3) is 77.6 Å². The van der Waals surface area contributed by atoms with Crippen molar-refractivity contribution in [1.29, 1.82) is 0 Å². The Kier molecular flexibility index (Phi) is 8.20. The maximum absolute atomic E-state index is 6.54. The molecule has 1 aromatic heterocycles. The van der Waals surface area contributed by atoms with Crippen LogP contribution < -0.4 is 4.90 Å². The van der Waals surface area contributed by atoms with Gasteiger partial charge in [0.05, 0.1) is 0 Å². The minimum Gasteiger partial charge on any atom is -0.456 e. The Morgan fingerprint density at radius 2 is 0.915 bits per heavy atom. The van der Waals surface area contributed by atoms with Gasteiger partial charge in [0.25, 0.3) is 0 Å². The summed E-state index contributed by atoms with van der Waals surface area (Å²) in [6.07, 6.45) is 0. The van der Waals surface area contributed by atoms with E-state index in [1.165, 1.54) is 55.6 Å². The maximum Gasteiger partial charge on any atom is 0.136 e. The molecule has 10 aromatic rings. The molecule has 0 saturated heterocycles. The van der Waals surface area contributed by atoms with Crippen molar-refractivity contribution < 1.29 is 4.42 Å². The molecule has 59 heavy (non-hydrogen) atoms. The highest BCUT2D eigenvalue weighted by Crippen LogP contribution is 2.51. The van der Waals surface area contributed by atoms with Crippen LogP contribution >= 0.6 is 0 Å². The molecule has 1 aliphatic carbocycles. The number of para-hydroxylation sites is 1. The van der Waals surface area contributed by atoms with Gasteiger partial charge in [0.15, 0.2) is 0 Å². The monoisotopic (exact) mass is 755 g/mol. The van der Waals surface area contributed by atoms with E-state index in [-0.39, 0.29) is 5.41 Å². The number of anilines is 3. The summed E-state index contributed by atoms with van der Waals surface area (Å²) in [7, 11) is 0. The van der Waals surface area contributed by atoms with Gasteiger partial charge in [0.2, 0.25) is 0 Å². The Morgan fingerprint density at radius 1 is 0.356 bits per heavy atom. The average molecular weight is 756 g/mol. The summed E-state index contributed by atoms with van der Waals surface area (Å²) >= 11 is 0. The molecular weight excluding hydrogens is 715 g/mol. The minimum absolute atomic E-state index is 0.134. The van der Waals surface area contributed by atoms with Crippen LogP contribution in [-0.2, 0) is 5.41 Å². The van der Waals surface area contributed by atoms with Crippen molar-refractivity contribution in [2.45, 2.75) is 19.3 Å². The van der Waals surface area contributed by atoms with Crippen molar-refractivity contribution in [2.75, 3.05) is 4.90 Å². The molecule has 2 nitrogen and oxygen atoms in total. The molecule has 0 aliphatic heterocycles. The molecule has 0 unspecified atom stereocenters. The van der Waals surface area contributed by atoms with Gasteiger partial charge in [-0.2, -0.15) is 0 Å². The summed E-state index contributed by atoms with van der Waals surface area (Å²) in [6, 6.07) is 76.9. The van der Waals surface area contributed by atoms with Crippen LogP contribution in [0.1, 0.15) is 25.0 Å². The fraction of sp³-hybridized carbons (Fsp3) is 0.0526. The van der Waals surface area contributed by atoms with Gasteiger partial charge in [-0.05, 0) is 110 Å². The Balaban J connectivity index is 1.14. The summed E-state index contributed by atoms with van der Waals surface area (Å²) in [4.78, 5) is 2.43. The van der Waals surface area contributed by atoms with Gasteiger partial charge in [0.1, 0.15) is 11.2 Å². The second-order valence-electron chi connectivity index (χ2n) is 16.1. The lowest BCUT2D eigenvalue weighted by atomic mass is 9.82. The molecule has 1 heterocycles. The van der Waals surface area contributed by atoms with Crippen molar-refractivity contribution in [3.05, 3.63) is 223 Å². The molecule has 0 amide bonds. The third-order valence-corrected chi connectivity index (χ3v) is 12.3. The number of fused-ring (bicyclic) bond motifs is 6. The smallest absolute Gasteiger partial charge is 0.136 e. The van der Waals surface area contributed by atoms with Crippen LogP contribution in [-0.4, -0.2) is 0 Å². The van der Waals surface area contributed by atoms with E-state index in [4.69, 9.17) is 4.42 Å². The van der Waals surface area contributed by atoms with E-state index in [2.05, 4.69) is 225 Å². The Morgan fingerprint density at radius 3 is 1.69 bits per heavy atom. The number of nitrogens with zero attached hydrogens (tertiary/aromatic N) is 1. The van der Waals surface area contributed by atoms with Crippen molar-refractivity contribution in [2.24, 2.45) is 0 Å². The zero-order valence-electron chi connectivity index (χ0n) is 33.1. The quantitative estimate of drug-likeness (QED) is 0.161. The molecule has 11 rings (SSSR count). The SMILES string of the molecule is CC1(C)c2ccccc2-c2ccc(N(c3cccc(-c4ccccc4)c3)c3cccc(-c4ccc5oc6ccccc6c5c4-c4ccccc4-c4ccccc4)c3)cc21. The molecular formula is C57H41NO. The molecule has 0 saturated carbocycles. The molecule has 0 atom stereocenters. The predicted molar refractivity (Wildman–Crippen MR) is 248 cm³/mol. The van der Waals surface area contributed by atoms with Crippen molar-refractivity contribution >= 4 is 39.0 Å². The number of hydrogen-bond acceptors (Lipinski definition) is 2. The van der Waals surface area contributed by atoms with Crippen molar-refractivity contribution in [3.8, 4) is 55.6 Å². The molecule has 0 bridgehead atoms. The predicted octanol–water partition coefficient (Wildman–Crippen LogP) is 16.0. The van der Waals surface area contributed by atoms with Crippen molar-refractivity contribution in [1.82, 2.24) is 0 Å². The topological polar surface area (TPSA) is 16.4 Å². The second kappa shape index (κ2) is 13.9. The normalized spacial score (nSPS) is 12.7. The van der Waals surface area contributed by atoms with Gasteiger partial charge >= 0.3 is 0 Å². The van der Waals surface area contributed by atoms with Gasteiger partial charge < -0.3 is 9.32 Å². The highest BCUT2D eigenvalue weighted by molar-refractivity contribution is 6.17. The second-order valence-corrected chi connectivity index (χ2v) is 16.1. The summed E-state index contributed by atoms with van der Waals surface area (Å²) in [5.41, 5.74) is 19.6. The zero-order valence-corrected chi connectivity index (χ0v) is 33.1. The summed E-state index contributed by atoms with van der Waals surface area (Å²) < 4.78 is 6.54. The van der Waals surface area contributed by atoms with Crippen LogP contribution in [0.2, 0.25) is 0 Å². The average Bonchev–Trinajstić information content (AvgIpc) is 3.79. The summed E-state index contributed by atoms with van der Waals surface area (Å²) in [5.74, 6) is 0. The Labute approximate surface area is 345 Å². The standard InChI is InChI=1S/C57H41NO/c1-57(2)51-29-13-11-26-47(51)48-32-31-44(37-52(48)57)58(42-23-15-21-40(35-42)38-17-5-3-6-18-38)43-24-16-22-41(36-43)46-33-34-54-56(50-28-12-14-30-53(50)59-54)55(46)49-27-10-9-25-45(49)39-19-7-4-8-20-39/h3-37H,1-2H3. The number of benzene rings is 9. The first-order chi connectivity index (χ1) is 29.0. The van der Waals surface area contributed by atoms with Crippen molar-refractivity contribution in [3.63, 3.8) is 0 Å². The van der Waals surface area contributed by atoms with Gasteiger partial charge in [0, 0.05) is 38.8 Å². The van der Waals surface area contributed by atoms with E-state index in [0.717, 1.165) is 50.1 Å². The lowest BCUT2D eigenvalue weighted by molar-refractivity contribution is 0.660. The first kappa shape index (κ1) is 34.8. The highest BCUT2D eigenvalue weighted by Gasteiger charge is 2.36. The van der Waals surface area contributed by atoms with E-state index in [0.29, 0.717) is 0 Å². The number of furan rings is 1. The first-order valence-electron chi connectivity index (χ1n) is 20.4. The van der Waals surface area contributed by atoms with E-state index in [9.17, 15) is 0 Å². The van der Waals surface area contributed by atoms with Gasteiger partial charge in [-0.1, -0.05) is 178 Å². The van der Waals surface area contributed by atoms with Gasteiger partial charge in [-0.15, -0.1) is 0 Å². The third-order valence-electron chi connectivity index (χ3n) is 12.3. The minimum atomic E-state index is -0.134. The van der Waals surface area contributed by atoms with E-state index < -0.39 is 0 Å². The largest absolute Gasteiger partial charge is 0.456 e. The van der Waals surface area contributed by atoms with Crippen LogP contribution in [0.3, 0.4) is 0 Å². The molecule has 280 valence electrons. The molecule has 2 heteroatoms. The lowest BCUT2D eigenvalue weighted by Gasteiger charge is -2.29. The maximum atomic E-state index is 6.54.